The maximum Gasteiger partial charge on any atom is 0.0212 e. The topological polar surface area (TPSA) is 3.24 Å². The molecule has 1 saturated heterocycles. The molecule has 0 aliphatic carbocycles. The van der Waals surface area contributed by atoms with E-state index in [9.17, 15) is 0 Å². The molecule has 1 nitrogen and oxygen atoms in total. The summed E-state index contributed by atoms with van der Waals surface area (Å²) in [6.45, 7) is 10.6. The molecule has 12 heavy (non-hydrogen) atoms. The fourth-order valence-corrected chi connectivity index (χ4v) is 3.18. The van der Waals surface area contributed by atoms with E-state index in [-0.39, 0.29) is 0 Å². The molecule has 2 heteroatoms. The summed E-state index contributed by atoms with van der Waals surface area (Å²) in [4.78, 5) is 2.65. The Morgan fingerprint density at radius 1 is 1.25 bits per heavy atom. The molecule has 0 saturated carbocycles. The molecule has 0 aromatic heterocycles. The monoisotopic (exact) mass is 187 g/mol. The third kappa shape index (κ3) is 2.40. The minimum absolute atomic E-state index is 0.721. The lowest BCUT2D eigenvalue weighted by Gasteiger charge is -2.40. The Hall–Kier alpha value is 0.310. The SMILES string of the molecule is CC(C)[C@@H]1CSCCN1C(C)C. The van der Waals surface area contributed by atoms with Crippen molar-refractivity contribution >= 4 is 11.8 Å². The largest absolute Gasteiger partial charge is 0.296 e. The van der Waals surface area contributed by atoms with E-state index in [1.165, 1.54) is 18.1 Å². The van der Waals surface area contributed by atoms with E-state index in [0.29, 0.717) is 0 Å². The Balaban J connectivity index is 2.54. The Labute approximate surface area is 80.9 Å². The first-order valence-electron chi connectivity index (χ1n) is 4.96. The lowest BCUT2D eigenvalue weighted by Crippen LogP contribution is -2.48. The molecule has 0 radical (unpaired) electrons. The van der Waals surface area contributed by atoms with Gasteiger partial charge in [-0.1, -0.05) is 13.8 Å². The second-order valence-electron chi connectivity index (χ2n) is 4.22. The smallest absolute Gasteiger partial charge is 0.0212 e. The number of rotatable bonds is 2. The number of nitrogens with zero attached hydrogens (tertiary/aromatic N) is 1. The molecule has 0 aromatic carbocycles. The van der Waals surface area contributed by atoms with Gasteiger partial charge in [-0.3, -0.25) is 4.90 Å². The van der Waals surface area contributed by atoms with Crippen molar-refractivity contribution in [2.75, 3.05) is 18.1 Å². The molecule has 1 aliphatic rings. The summed E-state index contributed by atoms with van der Waals surface area (Å²) >= 11 is 2.11. The molecule has 0 aromatic rings. The molecule has 1 heterocycles. The van der Waals surface area contributed by atoms with E-state index in [1.54, 1.807) is 0 Å². The van der Waals surface area contributed by atoms with Crippen LogP contribution in [-0.4, -0.2) is 35.0 Å². The second-order valence-corrected chi connectivity index (χ2v) is 5.37. The molecule has 1 aliphatic heterocycles. The van der Waals surface area contributed by atoms with Crippen molar-refractivity contribution in [3.8, 4) is 0 Å². The highest BCUT2D eigenvalue weighted by Gasteiger charge is 2.26. The maximum absolute atomic E-state index is 2.65. The molecular weight excluding hydrogens is 166 g/mol. The van der Waals surface area contributed by atoms with Crippen molar-refractivity contribution in [2.45, 2.75) is 39.8 Å². The number of hydrogen-bond donors (Lipinski definition) is 0. The van der Waals surface area contributed by atoms with Gasteiger partial charge in [-0.05, 0) is 19.8 Å². The van der Waals surface area contributed by atoms with Gasteiger partial charge in [0.25, 0.3) is 0 Å². The van der Waals surface area contributed by atoms with Crippen molar-refractivity contribution in [1.29, 1.82) is 0 Å². The van der Waals surface area contributed by atoms with Gasteiger partial charge in [0.2, 0.25) is 0 Å². The highest BCUT2D eigenvalue weighted by molar-refractivity contribution is 7.99. The molecule has 0 unspecified atom stereocenters. The van der Waals surface area contributed by atoms with Gasteiger partial charge < -0.3 is 0 Å². The summed E-state index contributed by atoms with van der Waals surface area (Å²) in [6.07, 6.45) is 0. The highest BCUT2D eigenvalue weighted by Crippen LogP contribution is 2.23. The lowest BCUT2D eigenvalue weighted by molar-refractivity contribution is 0.138. The van der Waals surface area contributed by atoms with Gasteiger partial charge in [0.15, 0.2) is 0 Å². The van der Waals surface area contributed by atoms with Gasteiger partial charge in [0.1, 0.15) is 0 Å². The average Bonchev–Trinajstić information content (AvgIpc) is 2.04. The van der Waals surface area contributed by atoms with Crippen LogP contribution in [-0.2, 0) is 0 Å². The van der Waals surface area contributed by atoms with E-state index in [0.717, 1.165) is 18.0 Å². The molecular formula is C10H21NS. The van der Waals surface area contributed by atoms with E-state index in [2.05, 4.69) is 44.4 Å². The Bertz CT molecular complexity index is 118. The summed E-state index contributed by atoms with van der Waals surface area (Å²) in [7, 11) is 0. The molecule has 1 rings (SSSR count). The van der Waals surface area contributed by atoms with Gasteiger partial charge in [-0.2, -0.15) is 11.8 Å². The van der Waals surface area contributed by atoms with Crippen molar-refractivity contribution in [2.24, 2.45) is 5.92 Å². The Morgan fingerprint density at radius 3 is 2.33 bits per heavy atom. The first kappa shape index (κ1) is 10.4. The first-order valence-corrected chi connectivity index (χ1v) is 6.12. The van der Waals surface area contributed by atoms with Gasteiger partial charge in [-0.25, -0.2) is 0 Å². The van der Waals surface area contributed by atoms with Crippen molar-refractivity contribution in [3.63, 3.8) is 0 Å². The minimum Gasteiger partial charge on any atom is -0.296 e. The third-order valence-corrected chi connectivity index (χ3v) is 3.69. The van der Waals surface area contributed by atoms with Crippen LogP contribution in [0.25, 0.3) is 0 Å². The maximum atomic E-state index is 2.65. The molecule has 1 fully saturated rings. The van der Waals surface area contributed by atoms with Gasteiger partial charge in [0.05, 0.1) is 0 Å². The Kier molecular flexibility index (Phi) is 3.91. The minimum atomic E-state index is 0.721. The predicted octanol–water partition coefficient (Wildman–Crippen LogP) is 2.47. The van der Waals surface area contributed by atoms with Crippen LogP contribution in [0.3, 0.4) is 0 Å². The van der Waals surface area contributed by atoms with Crippen LogP contribution < -0.4 is 0 Å². The van der Waals surface area contributed by atoms with Crippen LogP contribution in [0.1, 0.15) is 27.7 Å². The standard InChI is InChI=1S/C10H21NS/c1-8(2)10-7-12-6-5-11(10)9(3)4/h8-10H,5-7H2,1-4H3/t10-/m0/s1. The zero-order valence-electron chi connectivity index (χ0n) is 8.71. The van der Waals surface area contributed by atoms with E-state index >= 15 is 0 Å². The highest BCUT2D eigenvalue weighted by atomic mass is 32.2. The van der Waals surface area contributed by atoms with Gasteiger partial charge in [-0.15, -0.1) is 0 Å². The van der Waals surface area contributed by atoms with Crippen molar-refractivity contribution in [3.05, 3.63) is 0 Å². The molecule has 0 amide bonds. The first-order chi connectivity index (χ1) is 5.63. The lowest BCUT2D eigenvalue weighted by atomic mass is 10.0. The van der Waals surface area contributed by atoms with Crippen molar-refractivity contribution < 1.29 is 0 Å². The van der Waals surface area contributed by atoms with Crippen LogP contribution in [0.15, 0.2) is 0 Å². The fraction of sp³-hybridized carbons (Fsp3) is 1.00. The predicted molar refractivity (Wildman–Crippen MR) is 57.8 cm³/mol. The van der Waals surface area contributed by atoms with Crippen LogP contribution in [0.2, 0.25) is 0 Å². The normalized spacial score (nSPS) is 27.0. The zero-order chi connectivity index (χ0) is 9.14. The molecule has 0 N–H and O–H groups in total. The summed E-state index contributed by atoms with van der Waals surface area (Å²) < 4.78 is 0. The van der Waals surface area contributed by atoms with Crippen LogP contribution in [0, 0.1) is 5.92 Å². The van der Waals surface area contributed by atoms with Gasteiger partial charge in [0, 0.05) is 30.1 Å². The van der Waals surface area contributed by atoms with E-state index in [4.69, 9.17) is 0 Å². The van der Waals surface area contributed by atoms with E-state index in [1.807, 2.05) is 0 Å². The fourth-order valence-electron chi connectivity index (χ4n) is 1.85. The average molecular weight is 187 g/mol. The Morgan fingerprint density at radius 2 is 1.92 bits per heavy atom. The third-order valence-electron chi connectivity index (χ3n) is 2.64. The van der Waals surface area contributed by atoms with Gasteiger partial charge >= 0.3 is 0 Å². The molecule has 0 spiro atoms. The van der Waals surface area contributed by atoms with Crippen LogP contribution in [0.4, 0.5) is 0 Å². The summed E-state index contributed by atoms with van der Waals surface area (Å²) in [6, 6.07) is 1.53. The van der Waals surface area contributed by atoms with E-state index < -0.39 is 0 Å². The summed E-state index contributed by atoms with van der Waals surface area (Å²) in [5.74, 6) is 3.46. The van der Waals surface area contributed by atoms with Crippen LogP contribution >= 0.6 is 11.8 Å². The summed E-state index contributed by atoms with van der Waals surface area (Å²) in [5, 5.41) is 0. The molecule has 0 bridgehead atoms. The molecule has 72 valence electrons. The second kappa shape index (κ2) is 4.52. The van der Waals surface area contributed by atoms with Crippen molar-refractivity contribution in [1.82, 2.24) is 4.90 Å². The summed E-state index contributed by atoms with van der Waals surface area (Å²) in [5.41, 5.74) is 0. The number of hydrogen-bond acceptors (Lipinski definition) is 2. The molecule has 1 atom stereocenters. The number of thioether (sulfide) groups is 1. The quantitative estimate of drug-likeness (QED) is 0.653. The van der Waals surface area contributed by atoms with Crippen LogP contribution in [0.5, 0.6) is 0 Å². The zero-order valence-corrected chi connectivity index (χ0v) is 9.53.